The molecule has 138 valence electrons. The van der Waals surface area contributed by atoms with Gasteiger partial charge in [-0.25, -0.2) is 0 Å². The van der Waals surface area contributed by atoms with Crippen LogP contribution in [0.5, 0.6) is 11.5 Å². The highest BCUT2D eigenvalue weighted by atomic mass is 16.5. The fraction of sp³-hybridized carbons (Fsp3) is 0.120. The molecule has 1 aliphatic heterocycles. The number of rotatable bonds is 4. The zero-order chi connectivity index (χ0) is 19.7. The van der Waals surface area contributed by atoms with Gasteiger partial charge in [-0.15, -0.1) is 0 Å². The fourth-order valence-electron chi connectivity index (χ4n) is 3.65. The second-order valence-corrected chi connectivity index (χ2v) is 7.43. The van der Waals surface area contributed by atoms with Crippen LogP contribution < -0.4 is 4.74 Å². The van der Waals surface area contributed by atoms with Crippen molar-refractivity contribution in [1.82, 2.24) is 0 Å². The van der Waals surface area contributed by atoms with Crippen LogP contribution in [0, 0.1) is 10.8 Å². The van der Waals surface area contributed by atoms with Gasteiger partial charge in [0.25, 0.3) is 0 Å². The van der Waals surface area contributed by atoms with E-state index < -0.39 is 0 Å². The fourth-order valence-corrected chi connectivity index (χ4v) is 3.65. The number of benzene rings is 3. The maximum Gasteiger partial charge on any atom is 0.140 e. The normalized spacial score (nSPS) is 14.1. The Morgan fingerprint density at radius 3 is 2.18 bits per heavy atom. The van der Waals surface area contributed by atoms with Crippen molar-refractivity contribution < 1.29 is 4.74 Å². The minimum absolute atomic E-state index is 0.207. The topological polar surface area (TPSA) is 56.9 Å². The maximum atomic E-state index is 8.58. The van der Waals surface area contributed by atoms with Crippen molar-refractivity contribution in [2.75, 3.05) is 0 Å². The molecule has 1 heterocycles. The number of allylic oxidation sites excluding steroid dienone is 2. The van der Waals surface area contributed by atoms with Gasteiger partial charge in [0.05, 0.1) is 11.4 Å². The van der Waals surface area contributed by atoms with Crippen molar-refractivity contribution in [3.63, 3.8) is 0 Å². The van der Waals surface area contributed by atoms with Crippen LogP contribution in [0.25, 0.3) is 0 Å². The van der Waals surface area contributed by atoms with Crippen molar-refractivity contribution in [2.24, 2.45) is 0 Å². The molecule has 0 saturated heterocycles. The van der Waals surface area contributed by atoms with Crippen LogP contribution in [0.4, 0.5) is 0 Å². The lowest BCUT2D eigenvalue weighted by atomic mass is 9.75. The first-order chi connectivity index (χ1) is 13.5. The van der Waals surface area contributed by atoms with Crippen molar-refractivity contribution >= 4 is 11.4 Å². The van der Waals surface area contributed by atoms with Crippen LogP contribution in [-0.4, -0.2) is 11.4 Å². The van der Waals surface area contributed by atoms with Gasteiger partial charge in [0.1, 0.15) is 11.5 Å². The van der Waals surface area contributed by atoms with E-state index in [1.807, 2.05) is 60.7 Å². The summed E-state index contributed by atoms with van der Waals surface area (Å²) in [6.07, 6.45) is 3.33. The quantitative estimate of drug-likeness (QED) is 0.538. The number of para-hydroxylation sites is 2. The van der Waals surface area contributed by atoms with E-state index in [9.17, 15) is 0 Å². The Balaban J connectivity index is 1.69. The molecule has 0 aromatic heterocycles. The van der Waals surface area contributed by atoms with Gasteiger partial charge in [-0.3, -0.25) is 0 Å². The first kappa shape index (κ1) is 17.9. The Morgan fingerprint density at radius 1 is 0.750 bits per heavy atom. The van der Waals surface area contributed by atoms with E-state index in [0.29, 0.717) is 11.4 Å². The highest BCUT2D eigenvalue weighted by molar-refractivity contribution is 6.14. The highest BCUT2D eigenvalue weighted by Crippen LogP contribution is 2.48. The predicted molar refractivity (Wildman–Crippen MR) is 114 cm³/mol. The Bertz CT molecular complexity index is 1090. The van der Waals surface area contributed by atoms with Gasteiger partial charge in [0, 0.05) is 22.1 Å². The molecule has 0 atom stereocenters. The van der Waals surface area contributed by atoms with Gasteiger partial charge in [0.15, 0.2) is 0 Å². The van der Waals surface area contributed by atoms with E-state index in [4.69, 9.17) is 15.6 Å². The molecule has 0 aliphatic carbocycles. The van der Waals surface area contributed by atoms with E-state index in [-0.39, 0.29) is 5.41 Å². The lowest BCUT2D eigenvalue weighted by molar-refractivity contribution is 0.417. The molecule has 28 heavy (non-hydrogen) atoms. The average Bonchev–Trinajstić information content (AvgIpc) is 2.72. The summed E-state index contributed by atoms with van der Waals surface area (Å²) < 4.78 is 6.23. The molecule has 0 saturated carbocycles. The summed E-state index contributed by atoms with van der Waals surface area (Å²) in [5, 5.41) is 16.8. The zero-order valence-corrected chi connectivity index (χ0v) is 16.0. The van der Waals surface area contributed by atoms with Crippen molar-refractivity contribution in [2.45, 2.75) is 19.3 Å². The maximum absolute atomic E-state index is 8.58. The van der Waals surface area contributed by atoms with E-state index in [0.717, 1.165) is 33.8 Å². The minimum atomic E-state index is -0.207. The molecule has 0 amide bonds. The molecule has 1 aliphatic rings. The minimum Gasteiger partial charge on any atom is -0.456 e. The number of nitrogens with one attached hydrogen (secondary N) is 2. The van der Waals surface area contributed by atoms with Crippen LogP contribution in [0.2, 0.25) is 0 Å². The summed E-state index contributed by atoms with van der Waals surface area (Å²) in [4.78, 5) is 0. The third kappa shape index (κ3) is 3.05. The molecule has 3 aromatic rings. The van der Waals surface area contributed by atoms with Crippen LogP contribution >= 0.6 is 0 Å². The van der Waals surface area contributed by atoms with Gasteiger partial charge in [0.2, 0.25) is 0 Å². The summed E-state index contributed by atoms with van der Waals surface area (Å²) in [6.45, 7) is 4.36. The van der Waals surface area contributed by atoms with Crippen LogP contribution in [0.1, 0.15) is 36.1 Å². The van der Waals surface area contributed by atoms with Crippen molar-refractivity contribution in [3.8, 4) is 11.5 Å². The lowest BCUT2D eigenvalue weighted by Crippen LogP contribution is -2.25. The summed E-state index contributed by atoms with van der Waals surface area (Å²) in [7, 11) is 0. The van der Waals surface area contributed by atoms with Crippen LogP contribution in [-0.2, 0) is 5.41 Å². The van der Waals surface area contributed by atoms with E-state index in [2.05, 4.69) is 26.0 Å². The summed E-state index contributed by atoms with van der Waals surface area (Å²) in [5.41, 5.74) is 4.27. The summed E-state index contributed by atoms with van der Waals surface area (Å²) >= 11 is 0. The van der Waals surface area contributed by atoms with Gasteiger partial charge in [-0.2, -0.15) is 0 Å². The molecule has 3 heteroatoms. The molecule has 2 N–H and O–H groups in total. The lowest BCUT2D eigenvalue weighted by Gasteiger charge is -2.35. The standard InChI is InChI=1S/C25H22N2O/c1-25(2)19-12-6-7-14-23(19)28-24-18(11-8-13-20(24)25)22(27)16-15-21(26)17-9-4-3-5-10-17/h3-16,26-27H,1-2H3/b16-15-,26-21?,27-22?. The number of fused-ring (bicyclic) bond motifs is 2. The summed E-state index contributed by atoms with van der Waals surface area (Å²) in [5.74, 6) is 1.56. The van der Waals surface area contributed by atoms with Gasteiger partial charge >= 0.3 is 0 Å². The largest absolute Gasteiger partial charge is 0.456 e. The monoisotopic (exact) mass is 366 g/mol. The SMILES string of the molecule is CC1(C)c2ccccc2Oc2c(C(=N)/C=C\C(=N)c3ccccc3)cccc21. The predicted octanol–water partition coefficient (Wildman–Crippen LogP) is 6.11. The molecule has 0 unspecified atom stereocenters. The van der Waals surface area contributed by atoms with Gasteiger partial charge in [-0.05, 0) is 29.8 Å². The van der Waals surface area contributed by atoms with Gasteiger partial charge in [-0.1, -0.05) is 74.5 Å². The van der Waals surface area contributed by atoms with Gasteiger partial charge < -0.3 is 15.6 Å². The molecule has 3 nitrogen and oxygen atoms in total. The van der Waals surface area contributed by atoms with Crippen molar-refractivity contribution in [1.29, 1.82) is 10.8 Å². The first-order valence-electron chi connectivity index (χ1n) is 9.30. The molecule has 0 radical (unpaired) electrons. The molecular formula is C25H22N2O. The molecular weight excluding hydrogens is 344 g/mol. The third-order valence-electron chi connectivity index (χ3n) is 5.25. The van der Waals surface area contributed by atoms with E-state index >= 15 is 0 Å². The third-order valence-corrected chi connectivity index (χ3v) is 5.25. The molecule has 0 bridgehead atoms. The second-order valence-electron chi connectivity index (χ2n) is 7.43. The Kier molecular flexibility index (Phi) is 4.44. The highest BCUT2D eigenvalue weighted by Gasteiger charge is 2.35. The number of hydrogen-bond acceptors (Lipinski definition) is 3. The van der Waals surface area contributed by atoms with E-state index in [1.54, 1.807) is 12.2 Å². The van der Waals surface area contributed by atoms with E-state index in [1.165, 1.54) is 0 Å². The molecule has 0 spiro atoms. The number of ether oxygens (including phenoxy) is 1. The zero-order valence-electron chi connectivity index (χ0n) is 16.0. The van der Waals surface area contributed by atoms with Crippen LogP contribution in [0.3, 0.4) is 0 Å². The Labute approximate surface area is 165 Å². The number of hydrogen-bond donors (Lipinski definition) is 2. The Hall–Kier alpha value is -3.46. The molecule has 4 rings (SSSR count). The average molecular weight is 366 g/mol. The molecule has 3 aromatic carbocycles. The Morgan fingerprint density at radius 2 is 1.39 bits per heavy atom. The first-order valence-corrected chi connectivity index (χ1v) is 9.30. The summed E-state index contributed by atoms with van der Waals surface area (Å²) in [6, 6.07) is 23.5. The second kappa shape index (κ2) is 6.93. The van der Waals surface area contributed by atoms with Crippen LogP contribution in [0.15, 0.2) is 84.9 Å². The smallest absolute Gasteiger partial charge is 0.140 e. The van der Waals surface area contributed by atoms with Crippen molar-refractivity contribution in [3.05, 3.63) is 107 Å². The molecule has 0 fully saturated rings.